The summed E-state index contributed by atoms with van der Waals surface area (Å²) in [5.41, 5.74) is 0. The van der Waals surface area contributed by atoms with Gasteiger partial charge < -0.3 is 19.3 Å². The van der Waals surface area contributed by atoms with Gasteiger partial charge in [-0.05, 0) is 30.9 Å². The topological polar surface area (TPSA) is 91.1 Å². The quantitative estimate of drug-likeness (QED) is 0.798. The Bertz CT molecular complexity index is 521. The molecule has 1 heterocycles. The average molecular weight is 294 g/mol. The lowest BCUT2D eigenvalue weighted by Gasteiger charge is -2.23. The maximum absolute atomic E-state index is 12.2. The molecule has 114 valence electrons. The van der Waals surface area contributed by atoms with Crippen molar-refractivity contribution in [3.63, 3.8) is 0 Å². The van der Waals surface area contributed by atoms with Crippen molar-refractivity contribution in [2.45, 2.75) is 12.8 Å². The highest BCUT2D eigenvalue weighted by atomic mass is 16.4. The minimum Gasteiger partial charge on any atom is -0.480 e. The second kappa shape index (κ2) is 6.43. The van der Waals surface area contributed by atoms with E-state index in [2.05, 4.69) is 0 Å². The molecule has 21 heavy (non-hydrogen) atoms. The largest absolute Gasteiger partial charge is 0.480 e. The van der Waals surface area contributed by atoms with Gasteiger partial charge in [0.1, 0.15) is 6.54 Å². The molecular formula is C14H18N2O5. The summed E-state index contributed by atoms with van der Waals surface area (Å²) < 4.78 is 4.99. The van der Waals surface area contributed by atoms with Crippen molar-refractivity contribution in [1.82, 2.24) is 9.80 Å². The number of carbonyl (C=O) groups excluding carboxylic acids is 2. The zero-order valence-corrected chi connectivity index (χ0v) is 11.8. The fraction of sp³-hybridized carbons (Fsp3) is 0.500. The second-order valence-electron chi connectivity index (χ2n) is 5.25. The second-order valence-corrected chi connectivity index (χ2v) is 5.25. The van der Waals surface area contributed by atoms with Crippen LogP contribution in [0.2, 0.25) is 0 Å². The molecule has 1 N–H and O–H groups in total. The Kier molecular flexibility index (Phi) is 4.62. The van der Waals surface area contributed by atoms with Crippen LogP contribution < -0.4 is 0 Å². The van der Waals surface area contributed by atoms with E-state index in [0.29, 0.717) is 12.5 Å². The van der Waals surface area contributed by atoms with E-state index >= 15 is 0 Å². The summed E-state index contributed by atoms with van der Waals surface area (Å²) in [5.74, 6) is -1.29. The summed E-state index contributed by atoms with van der Waals surface area (Å²) in [6, 6.07) is 3.11. The first-order chi connectivity index (χ1) is 9.97. The molecule has 1 aromatic rings. The van der Waals surface area contributed by atoms with Crippen molar-refractivity contribution in [2.75, 3.05) is 26.7 Å². The molecule has 1 aromatic heterocycles. The molecule has 0 saturated heterocycles. The van der Waals surface area contributed by atoms with Gasteiger partial charge in [-0.25, -0.2) is 0 Å². The fourth-order valence-electron chi connectivity index (χ4n) is 1.99. The summed E-state index contributed by atoms with van der Waals surface area (Å²) in [4.78, 5) is 37.5. The Morgan fingerprint density at radius 1 is 1.33 bits per heavy atom. The molecule has 0 spiro atoms. The van der Waals surface area contributed by atoms with Gasteiger partial charge in [0.15, 0.2) is 5.76 Å². The van der Waals surface area contributed by atoms with Crippen LogP contribution in [0.1, 0.15) is 23.4 Å². The molecule has 1 fully saturated rings. The minimum absolute atomic E-state index is 0.150. The van der Waals surface area contributed by atoms with E-state index < -0.39 is 11.9 Å². The molecule has 0 aliphatic heterocycles. The van der Waals surface area contributed by atoms with Gasteiger partial charge >= 0.3 is 5.97 Å². The number of hydrogen-bond donors (Lipinski definition) is 1. The van der Waals surface area contributed by atoms with Crippen molar-refractivity contribution >= 4 is 17.8 Å². The van der Waals surface area contributed by atoms with E-state index in [1.807, 2.05) is 0 Å². The summed E-state index contributed by atoms with van der Waals surface area (Å²) >= 11 is 0. The normalized spacial score (nSPS) is 13.8. The number of aliphatic carboxylic acids is 1. The molecule has 2 amide bonds. The first kappa shape index (κ1) is 15.1. The predicted octanol–water partition coefficient (Wildman–Crippen LogP) is 0.675. The Morgan fingerprint density at radius 2 is 2.05 bits per heavy atom. The number of carboxylic acid groups (broad SMARTS) is 1. The summed E-state index contributed by atoms with van der Waals surface area (Å²) in [6.45, 7) is -0.0639. The van der Waals surface area contributed by atoms with Gasteiger partial charge in [0.25, 0.3) is 5.91 Å². The zero-order chi connectivity index (χ0) is 15.4. The number of carbonyl (C=O) groups is 3. The zero-order valence-electron chi connectivity index (χ0n) is 11.8. The number of furan rings is 1. The molecule has 0 radical (unpaired) electrons. The summed E-state index contributed by atoms with van der Waals surface area (Å²) in [5, 5.41) is 8.87. The number of rotatable bonds is 7. The van der Waals surface area contributed by atoms with Crippen LogP contribution in [0.15, 0.2) is 22.8 Å². The van der Waals surface area contributed by atoms with Crippen LogP contribution in [0.25, 0.3) is 0 Å². The Balaban J connectivity index is 1.93. The van der Waals surface area contributed by atoms with E-state index in [9.17, 15) is 14.4 Å². The van der Waals surface area contributed by atoms with E-state index in [0.717, 1.165) is 12.8 Å². The number of likely N-dealkylation sites (N-methyl/N-ethyl adjacent to an activating group) is 1. The average Bonchev–Trinajstić information content (AvgIpc) is 3.07. The molecule has 0 bridgehead atoms. The molecule has 0 atom stereocenters. The van der Waals surface area contributed by atoms with Crippen LogP contribution in [0, 0.1) is 5.92 Å². The predicted molar refractivity (Wildman–Crippen MR) is 72.6 cm³/mol. The van der Waals surface area contributed by atoms with Gasteiger partial charge in [-0.1, -0.05) is 0 Å². The van der Waals surface area contributed by atoms with Gasteiger partial charge in [-0.3, -0.25) is 14.4 Å². The molecule has 7 nitrogen and oxygen atoms in total. The van der Waals surface area contributed by atoms with Gasteiger partial charge in [-0.15, -0.1) is 0 Å². The summed E-state index contributed by atoms with van der Waals surface area (Å²) in [7, 11) is 1.48. The van der Waals surface area contributed by atoms with Crippen LogP contribution in [0.5, 0.6) is 0 Å². The van der Waals surface area contributed by atoms with Crippen LogP contribution in [0.3, 0.4) is 0 Å². The highest BCUT2D eigenvalue weighted by molar-refractivity contribution is 5.94. The van der Waals surface area contributed by atoms with Gasteiger partial charge in [0.05, 0.1) is 12.8 Å². The standard InChI is InChI=1S/C14H18N2O5/c1-15(14(20)11-3-2-6-21-11)8-12(17)16(9-13(18)19)7-10-4-5-10/h2-3,6,10H,4-5,7-9H2,1H3,(H,18,19). The number of hydrogen-bond acceptors (Lipinski definition) is 4. The van der Waals surface area contributed by atoms with Gasteiger partial charge in [0.2, 0.25) is 5.91 Å². The van der Waals surface area contributed by atoms with E-state index in [1.54, 1.807) is 6.07 Å². The van der Waals surface area contributed by atoms with Crippen molar-refractivity contribution in [3.8, 4) is 0 Å². The SMILES string of the molecule is CN(CC(=O)N(CC(=O)O)CC1CC1)C(=O)c1ccco1. The maximum Gasteiger partial charge on any atom is 0.323 e. The van der Waals surface area contributed by atoms with Gasteiger partial charge in [0, 0.05) is 13.6 Å². The highest BCUT2D eigenvalue weighted by Gasteiger charge is 2.29. The monoisotopic (exact) mass is 294 g/mol. The Labute approximate surface area is 122 Å². The Hall–Kier alpha value is -2.31. The molecule has 1 saturated carbocycles. The fourth-order valence-corrected chi connectivity index (χ4v) is 1.99. The number of amides is 2. The smallest absolute Gasteiger partial charge is 0.323 e. The molecule has 7 heteroatoms. The molecular weight excluding hydrogens is 276 g/mol. The number of carboxylic acids is 1. The number of nitrogens with zero attached hydrogens (tertiary/aromatic N) is 2. The summed E-state index contributed by atoms with van der Waals surface area (Å²) in [6.07, 6.45) is 3.42. The molecule has 1 aliphatic rings. The third kappa shape index (κ3) is 4.34. The van der Waals surface area contributed by atoms with E-state index in [1.165, 1.54) is 29.2 Å². The molecule has 0 unspecified atom stereocenters. The highest BCUT2D eigenvalue weighted by Crippen LogP contribution is 2.29. The lowest BCUT2D eigenvalue weighted by molar-refractivity contribution is -0.144. The molecule has 0 aromatic carbocycles. The maximum atomic E-state index is 12.2. The van der Waals surface area contributed by atoms with Crippen LogP contribution in [-0.2, 0) is 9.59 Å². The lowest BCUT2D eigenvalue weighted by atomic mass is 10.3. The first-order valence-corrected chi connectivity index (χ1v) is 6.76. The van der Waals surface area contributed by atoms with E-state index in [-0.39, 0.29) is 24.8 Å². The molecule has 2 rings (SSSR count). The first-order valence-electron chi connectivity index (χ1n) is 6.76. The third-order valence-corrected chi connectivity index (χ3v) is 3.31. The molecule has 1 aliphatic carbocycles. The van der Waals surface area contributed by atoms with Crippen LogP contribution in [-0.4, -0.2) is 59.4 Å². The minimum atomic E-state index is -1.05. The van der Waals surface area contributed by atoms with Crippen molar-refractivity contribution in [1.29, 1.82) is 0 Å². The Morgan fingerprint density at radius 3 is 2.57 bits per heavy atom. The van der Waals surface area contributed by atoms with E-state index in [4.69, 9.17) is 9.52 Å². The van der Waals surface area contributed by atoms with Crippen LogP contribution in [0.4, 0.5) is 0 Å². The van der Waals surface area contributed by atoms with Crippen molar-refractivity contribution < 1.29 is 23.9 Å². The van der Waals surface area contributed by atoms with Gasteiger partial charge in [-0.2, -0.15) is 0 Å². The van der Waals surface area contributed by atoms with Crippen molar-refractivity contribution in [2.24, 2.45) is 5.92 Å². The van der Waals surface area contributed by atoms with Crippen LogP contribution >= 0.6 is 0 Å². The van der Waals surface area contributed by atoms with Crippen molar-refractivity contribution in [3.05, 3.63) is 24.2 Å². The lowest BCUT2D eigenvalue weighted by Crippen LogP contribution is -2.44. The third-order valence-electron chi connectivity index (χ3n) is 3.31.